The van der Waals surface area contributed by atoms with Gasteiger partial charge in [-0.15, -0.1) is 0 Å². The van der Waals surface area contributed by atoms with Gasteiger partial charge in [-0.1, -0.05) is 6.07 Å². The Kier molecular flexibility index (Phi) is 7.54. The quantitative estimate of drug-likeness (QED) is 0.545. The van der Waals surface area contributed by atoms with Gasteiger partial charge in [-0.25, -0.2) is 9.80 Å². The summed E-state index contributed by atoms with van der Waals surface area (Å²) in [7, 11) is 3.20. The number of ether oxygens (including phenoxy) is 5. The Bertz CT molecular complexity index is 1230. The topological polar surface area (TPSA) is 102 Å². The van der Waals surface area contributed by atoms with Crippen molar-refractivity contribution in [3.05, 3.63) is 47.5 Å². The average Bonchev–Trinajstić information content (AvgIpc) is 3.60. The van der Waals surface area contributed by atoms with Crippen LogP contribution in [-0.2, 0) is 9.53 Å². The van der Waals surface area contributed by atoms with Crippen LogP contribution in [0.3, 0.4) is 0 Å². The fourth-order valence-corrected chi connectivity index (χ4v) is 4.89. The number of nitrogens with zero attached hydrogens (tertiary/aromatic N) is 4. The van der Waals surface area contributed by atoms with Gasteiger partial charge >= 0.3 is 6.09 Å². The maximum atomic E-state index is 13.6. The largest absolute Gasteiger partial charge is 0.497 e. The zero-order valence-electron chi connectivity index (χ0n) is 21.8. The van der Waals surface area contributed by atoms with Gasteiger partial charge in [0.05, 0.1) is 39.1 Å². The summed E-state index contributed by atoms with van der Waals surface area (Å²) < 4.78 is 27.1. The molecular weight excluding hydrogens is 492 g/mol. The maximum absolute atomic E-state index is 13.6. The van der Waals surface area contributed by atoms with Crippen molar-refractivity contribution in [1.82, 2.24) is 14.8 Å². The number of rotatable bonds is 7. The van der Waals surface area contributed by atoms with E-state index in [1.807, 2.05) is 35.2 Å². The van der Waals surface area contributed by atoms with Gasteiger partial charge < -0.3 is 28.6 Å². The molecule has 3 heterocycles. The van der Waals surface area contributed by atoms with Crippen LogP contribution in [0.1, 0.15) is 30.5 Å². The second kappa shape index (κ2) is 11.2. The highest BCUT2D eigenvalue weighted by atomic mass is 16.7. The number of fused-ring (bicyclic) bond motifs is 1. The van der Waals surface area contributed by atoms with Gasteiger partial charge in [-0.3, -0.25) is 9.69 Å². The number of hydrogen-bond donors (Lipinski definition) is 0. The standard InChI is InChI=1S/C27H32N4O7/c1-4-36-27(33)30-11-9-29(10-12-30)16-26(32)31-22(18-5-8-23-25(13-18)38-17-37-23)15-21(28-31)20-7-6-19(34-2)14-24(20)35-3/h5-8,13-14,22H,4,9-12,15-17H2,1-3H3/t22-/m1/s1. The lowest BCUT2D eigenvalue weighted by Gasteiger charge is -2.34. The van der Waals surface area contributed by atoms with E-state index in [-0.39, 0.29) is 31.4 Å². The molecule has 0 spiro atoms. The number of carbonyl (C=O) groups is 2. The zero-order chi connectivity index (χ0) is 26.6. The third kappa shape index (κ3) is 5.19. The highest BCUT2D eigenvalue weighted by Gasteiger charge is 2.36. The summed E-state index contributed by atoms with van der Waals surface area (Å²) in [5.74, 6) is 2.51. The lowest BCUT2D eigenvalue weighted by molar-refractivity contribution is -0.134. The summed E-state index contributed by atoms with van der Waals surface area (Å²) in [5.41, 5.74) is 2.45. The van der Waals surface area contributed by atoms with E-state index < -0.39 is 0 Å². The number of hydrazone groups is 1. The molecule has 0 radical (unpaired) electrons. The smallest absolute Gasteiger partial charge is 0.409 e. The molecular formula is C27H32N4O7. The van der Waals surface area contributed by atoms with Crippen LogP contribution in [0, 0.1) is 0 Å². The molecule has 2 aromatic carbocycles. The second-order valence-corrected chi connectivity index (χ2v) is 9.15. The molecule has 0 aliphatic carbocycles. The molecule has 0 saturated carbocycles. The van der Waals surface area contributed by atoms with E-state index in [4.69, 9.17) is 28.8 Å². The molecule has 202 valence electrons. The van der Waals surface area contributed by atoms with E-state index in [0.29, 0.717) is 62.2 Å². The Balaban J connectivity index is 1.37. The summed E-state index contributed by atoms with van der Waals surface area (Å²) in [6.45, 7) is 4.67. The first kappa shape index (κ1) is 25.7. The average molecular weight is 525 g/mol. The molecule has 1 fully saturated rings. The molecule has 3 aliphatic heterocycles. The molecule has 0 aromatic heterocycles. The lowest BCUT2D eigenvalue weighted by Crippen LogP contribution is -2.51. The number of methoxy groups -OCH3 is 2. The monoisotopic (exact) mass is 524 g/mol. The van der Waals surface area contributed by atoms with E-state index in [1.54, 1.807) is 37.1 Å². The van der Waals surface area contributed by atoms with E-state index >= 15 is 0 Å². The van der Waals surface area contributed by atoms with Crippen LogP contribution in [-0.4, -0.2) is 92.9 Å². The number of benzene rings is 2. The molecule has 1 saturated heterocycles. The molecule has 11 heteroatoms. The third-order valence-corrected chi connectivity index (χ3v) is 6.92. The summed E-state index contributed by atoms with van der Waals surface area (Å²) in [4.78, 5) is 29.4. The lowest BCUT2D eigenvalue weighted by atomic mass is 9.97. The highest BCUT2D eigenvalue weighted by Crippen LogP contribution is 2.40. The van der Waals surface area contributed by atoms with Crippen molar-refractivity contribution in [3.63, 3.8) is 0 Å². The maximum Gasteiger partial charge on any atom is 0.409 e. The molecule has 38 heavy (non-hydrogen) atoms. The molecule has 0 N–H and O–H groups in total. The SMILES string of the molecule is CCOC(=O)N1CCN(CC(=O)N2N=C(c3ccc(OC)cc3OC)C[C@@H]2c2ccc3c(c2)OCO3)CC1. The van der Waals surface area contributed by atoms with Crippen molar-refractivity contribution >= 4 is 17.7 Å². The molecule has 2 aromatic rings. The van der Waals surface area contributed by atoms with Crippen molar-refractivity contribution in [2.75, 3.05) is 60.3 Å². The van der Waals surface area contributed by atoms with Crippen LogP contribution in [0.25, 0.3) is 0 Å². The van der Waals surface area contributed by atoms with Crippen LogP contribution >= 0.6 is 0 Å². The minimum Gasteiger partial charge on any atom is -0.497 e. The minimum atomic E-state index is -0.320. The predicted octanol–water partition coefficient (Wildman–Crippen LogP) is 2.88. The number of piperazine rings is 1. The molecule has 5 rings (SSSR count). The summed E-state index contributed by atoms with van der Waals surface area (Å²) >= 11 is 0. The number of amides is 2. The zero-order valence-corrected chi connectivity index (χ0v) is 21.8. The first-order chi connectivity index (χ1) is 18.5. The molecule has 3 aliphatic rings. The van der Waals surface area contributed by atoms with E-state index in [1.165, 1.54) is 0 Å². The molecule has 2 amide bonds. The summed E-state index contributed by atoms with van der Waals surface area (Å²) in [6.07, 6.45) is 0.189. The highest BCUT2D eigenvalue weighted by molar-refractivity contribution is 6.05. The second-order valence-electron chi connectivity index (χ2n) is 9.15. The summed E-state index contributed by atoms with van der Waals surface area (Å²) in [6, 6.07) is 11.0. The first-order valence-electron chi connectivity index (χ1n) is 12.7. The van der Waals surface area contributed by atoms with Gasteiger partial charge in [0, 0.05) is 44.2 Å². The number of hydrogen-bond acceptors (Lipinski definition) is 9. The van der Waals surface area contributed by atoms with Crippen molar-refractivity contribution in [2.45, 2.75) is 19.4 Å². The van der Waals surface area contributed by atoms with Crippen molar-refractivity contribution < 1.29 is 33.3 Å². The molecule has 11 nitrogen and oxygen atoms in total. The predicted molar refractivity (Wildman–Crippen MR) is 138 cm³/mol. The van der Waals surface area contributed by atoms with Gasteiger partial charge in [0.2, 0.25) is 6.79 Å². The van der Waals surface area contributed by atoms with Gasteiger partial charge in [0.15, 0.2) is 11.5 Å². The van der Waals surface area contributed by atoms with Crippen LogP contribution < -0.4 is 18.9 Å². The molecule has 0 unspecified atom stereocenters. The van der Waals surface area contributed by atoms with E-state index in [2.05, 4.69) is 0 Å². The Morgan fingerprint density at radius 3 is 2.53 bits per heavy atom. The molecule has 0 bridgehead atoms. The Hall–Kier alpha value is -3.99. The summed E-state index contributed by atoms with van der Waals surface area (Å²) in [5, 5.41) is 6.37. The Morgan fingerprint density at radius 2 is 1.79 bits per heavy atom. The fraction of sp³-hybridized carbons (Fsp3) is 0.444. The fourth-order valence-electron chi connectivity index (χ4n) is 4.89. The normalized spacial score (nSPS) is 18.8. The Morgan fingerprint density at radius 1 is 1.00 bits per heavy atom. The van der Waals surface area contributed by atoms with Crippen LogP contribution in [0.15, 0.2) is 41.5 Å². The molecule has 1 atom stereocenters. The van der Waals surface area contributed by atoms with Gasteiger partial charge in [0.1, 0.15) is 11.5 Å². The van der Waals surface area contributed by atoms with Gasteiger partial charge in [-0.2, -0.15) is 5.10 Å². The van der Waals surface area contributed by atoms with Gasteiger partial charge in [-0.05, 0) is 36.8 Å². The van der Waals surface area contributed by atoms with Crippen LogP contribution in [0.5, 0.6) is 23.0 Å². The van der Waals surface area contributed by atoms with Gasteiger partial charge in [0.25, 0.3) is 5.91 Å². The van der Waals surface area contributed by atoms with E-state index in [9.17, 15) is 9.59 Å². The van der Waals surface area contributed by atoms with Crippen molar-refractivity contribution in [1.29, 1.82) is 0 Å². The third-order valence-electron chi connectivity index (χ3n) is 6.92. The Labute approximate surface area is 221 Å². The van der Waals surface area contributed by atoms with E-state index in [0.717, 1.165) is 16.8 Å². The van der Waals surface area contributed by atoms with Crippen LogP contribution in [0.4, 0.5) is 4.79 Å². The number of carbonyl (C=O) groups excluding carboxylic acids is 2. The first-order valence-corrected chi connectivity index (χ1v) is 12.7. The van der Waals surface area contributed by atoms with Crippen molar-refractivity contribution in [2.24, 2.45) is 5.10 Å². The minimum absolute atomic E-state index is 0.125. The van der Waals surface area contributed by atoms with Crippen molar-refractivity contribution in [3.8, 4) is 23.0 Å². The van der Waals surface area contributed by atoms with Crippen LogP contribution in [0.2, 0.25) is 0 Å².